The first-order valence-electron chi connectivity index (χ1n) is 12.5. The molecule has 0 radical (unpaired) electrons. The van der Waals surface area contributed by atoms with Gasteiger partial charge in [0.05, 0.1) is 10.6 Å². The normalized spacial score (nSPS) is 13.3. The monoisotopic (exact) mass is 555 g/mol. The van der Waals surface area contributed by atoms with Gasteiger partial charge in [-0.1, -0.05) is 30.3 Å². The lowest BCUT2D eigenvalue weighted by atomic mass is 10.1. The summed E-state index contributed by atoms with van der Waals surface area (Å²) in [5, 5.41) is 2.71. The van der Waals surface area contributed by atoms with Crippen LogP contribution in [0.5, 0.6) is 11.5 Å². The molecule has 1 N–H and O–H groups in total. The number of carbonyl (C=O) groups excluding carboxylic acids is 2. The zero-order chi connectivity index (χ0) is 28.0. The lowest BCUT2D eigenvalue weighted by Crippen LogP contribution is -2.51. The quantitative estimate of drug-likeness (QED) is 0.412. The number of nitrogens with zero attached hydrogens (tertiary/aromatic N) is 2. The molecule has 2 amide bonds. The molecule has 3 aromatic carbocycles. The summed E-state index contributed by atoms with van der Waals surface area (Å²) in [5.74, 6) is -0.858. The largest absolute Gasteiger partial charge is 0.486 e. The highest BCUT2D eigenvalue weighted by Gasteiger charge is 2.33. The molecule has 0 saturated carbocycles. The van der Waals surface area contributed by atoms with Gasteiger partial charge in [-0.2, -0.15) is 0 Å². The Morgan fingerprint density at radius 3 is 2.31 bits per heavy atom. The number of sulfonamides is 1. The van der Waals surface area contributed by atoms with E-state index in [0.717, 1.165) is 22.0 Å². The fourth-order valence-electron chi connectivity index (χ4n) is 4.13. The Balaban J connectivity index is 1.71. The SMILES string of the molecule is CCNC(=O)[C@H](C)N(Cc1ccccc1)C(=O)CN(c1ccc(F)cc1)S(=O)(=O)c1ccc2c(c1)OCCO2. The Labute approximate surface area is 227 Å². The molecule has 39 heavy (non-hydrogen) atoms. The van der Waals surface area contributed by atoms with Crippen molar-refractivity contribution in [1.82, 2.24) is 10.2 Å². The van der Waals surface area contributed by atoms with Crippen LogP contribution in [0.15, 0.2) is 77.7 Å². The number of likely N-dealkylation sites (N-methyl/N-ethyl adjacent to an activating group) is 1. The summed E-state index contributed by atoms with van der Waals surface area (Å²) < 4.78 is 53.5. The second-order valence-corrected chi connectivity index (χ2v) is 10.7. The number of rotatable bonds is 10. The summed E-state index contributed by atoms with van der Waals surface area (Å²) in [6, 6.07) is 17.2. The van der Waals surface area contributed by atoms with E-state index in [4.69, 9.17) is 9.47 Å². The van der Waals surface area contributed by atoms with Crippen LogP contribution in [0, 0.1) is 5.82 Å². The van der Waals surface area contributed by atoms with Gasteiger partial charge in [0, 0.05) is 19.2 Å². The van der Waals surface area contributed by atoms with Crippen LogP contribution in [-0.4, -0.2) is 57.5 Å². The number of amides is 2. The number of hydrogen-bond donors (Lipinski definition) is 1. The number of carbonyl (C=O) groups is 2. The number of anilines is 1. The van der Waals surface area contributed by atoms with Crippen LogP contribution in [0.3, 0.4) is 0 Å². The number of hydrogen-bond acceptors (Lipinski definition) is 6. The Kier molecular flexibility index (Phi) is 8.70. The van der Waals surface area contributed by atoms with Crippen LogP contribution in [0.1, 0.15) is 19.4 Å². The van der Waals surface area contributed by atoms with Crippen LogP contribution in [0.4, 0.5) is 10.1 Å². The maximum atomic E-state index is 13.9. The van der Waals surface area contributed by atoms with E-state index < -0.39 is 34.3 Å². The Hall–Kier alpha value is -4.12. The van der Waals surface area contributed by atoms with E-state index in [0.29, 0.717) is 18.9 Å². The topological polar surface area (TPSA) is 105 Å². The average Bonchev–Trinajstić information content (AvgIpc) is 2.95. The second-order valence-electron chi connectivity index (χ2n) is 8.87. The van der Waals surface area contributed by atoms with Crippen molar-refractivity contribution in [3.05, 3.63) is 84.2 Å². The minimum atomic E-state index is -4.33. The van der Waals surface area contributed by atoms with Crippen molar-refractivity contribution >= 4 is 27.5 Å². The molecule has 3 aromatic rings. The van der Waals surface area contributed by atoms with Gasteiger partial charge in [0.15, 0.2) is 11.5 Å². The van der Waals surface area contributed by atoms with E-state index in [2.05, 4.69) is 5.32 Å². The predicted octanol–water partition coefficient (Wildman–Crippen LogP) is 3.35. The first-order valence-corrected chi connectivity index (χ1v) is 13.9. The molecule has 1 atom stereocenters. The zero-order valence-corrected chi connectivity index (χ0v) is 22.5. The molecule has 9 nitrogen and oxygen atoms in total. The van der Waals surface area contributed by atoms with Crippen molar-refractivity contribution in [3.63, 3.8) is 0 Å². The van der Waals surface area contributed by atoms with Gasteiger partial charge in [0.25, 0.3) is 10.0 Å². The minimum Gasteiger partial charge on any atom is -0.486 e. The molecule has 1 heterocycles. The van der Waals surface area contributed by atoms with E-state index in [1.165, 1.54) is 35.2 Å². The smallest absolute Gasteiger partial charge is 0.264 e. The summed E-state index contributed by atoms with van der Waals surface area (Å²) in [6.45, 7) is 3.79. The lowest BCUT2D eigenvalue weighted by Gasteiger charge is -2.32. The highest BCUT2D eigenvalue weighted by Crippen LogP contribution is 2.34. The standard InChI is InChI=1S/C28H30FN3O6S/c1-3-30-28(34)20(2)31(18-21-7-5-4-6-8-21)27(33)19-32(23-11-9-22(29)10-12-23)39(35,36)24-13-14-25-26(17-24)38-16-15-37-25/h4-14,17,20H,3,15-16,18-19H2,1-2H3,(H,30,34)/t20-/m0/s1. The maximum absolute atomic E-state index is 13.9. The highest BCUT2D eigenvalue weighted by atomic mass is 32.2. The third kappa shape index (κ3) is 6.48. The van der Waals surface area contributed by atoms with Gasteiger partial charge in [-0.15, -0.1) is 0 Å². The first kappa shape index (κ1) is 27.9. The van der Waals surface area contributed by atoms with Crippen LogP contribution < -0.4 is 19.1 Å². The number of fused-ring (bicyclic) bond motifs is 1. The van der Waals surface area contributed by atoms with E-state index in [1.54, 1.807) is 13.8 Å². The van der Waals surface area contributed by atoms with E-state index >= 15 is 0 Å². The number of nitrogens with one attached hydrogen (secondary N) is 1. The molecular weight excluding hydrogens is 525 g/mol. The van der Waals surface area contributed by atoms with Gasteiger partial charge in [0.2, 0.25) is 11.8 Å². The van der Waals surface area contributed by atoms with Gasteiger partial charge in [-0.05, 0) is 55.8 Å². The van der Waals surface area contributed by atoms with Crippen molar-refractivity contribution < 1.29 is 31.9 Å². The third-order valence-electron chi connectivity index (χ3n) is 6.21. The molecule has 0 fully saturated rings. The van der Waals surface area contributed by atoms with Gasteiger partial charge in [-0.25, -0.2) is 12.8 Å². The maximum Gasteiger partial charge on any atom is 0.264 e. The Morgan fingerprint density at radius 1 is 0.974 bits per heavy atom. The fourth-order valence-corrected chi connectivity index (χ4v) is 5.56. The van der Waals surface area contributed by atoms with Crippen molar-refractivity contribution in [1.29, 1.82) is 0 Å². The van der Waals surface area contributed by atoms with Crippen LogP contribution >= 0.6 is 0 Å². The number of ether oxygens (including phenoxy) is 2. The third-order valence-corrected chi connectivity index (χ3v) is 7.98. The summed E-state index contributed by atoms with van der Waals surface area (Å²) in [4.78, 5) is 27.7. The van der Waals surface area contributed by atoms with Gasteiger partial charge in [-0.3, -0.25) is 13.9 Å². The number of benzene rings is 3. The highest BCUT2D eigenvalue weighted by molar-refractivity contribution is 7.92. The molecule has 1 aliphatic heterocycles. The lowest BCUT2D eigenvalue weighted by molar-refractivity contribution is -0.139. The summed E-state index contributed by atoms with van der Waals surface area (Å²) in [6.07, 6.45) is 0. The predicted molar refractivity (Wildman–Crippen MR) is 144 cm³/mol. The van der Waals surface area contributed by atoms with Crippen molar-refractivity contribution in [2.45, 2.75) is 31.3 Å². The fraction of sp³-hybridized carbons (Fsp3) is 0.286. The number of halogens is 1. The molecule has 0 aromatic heterocycles. The molecule has 0 bridgehead atoms. The van der Waals surface area contributed by atoms with E-state index in [1.807, 2.05) is 30.3 Å². The van der Waals surface area contributed by atoms with Crippen molar-refractivity contribution in [3.8, 4) is 11.5 Å². The average molecular weight is 556 g/mol. The van der Waals surface area contributed by atoms with E-state index in [9.17, 15) is 22.4 Å². The molecule has 0 spiro atoms. The van der Waals surface area contributed by atoms with Crippen molar-refractivity contribution in [2.24, 2.45) is 0 Å². The molecule has 4 rings (SSSR count). The molecule has 0 saturated heterocycles. The Morgan fingerprint density at radius 2 is 1.64 bits per heavy atom. The molecule has 0 unspecified atom stereocenters. The van der Waals surface area contributed by atoms with Crippen LogP contribution in [0.25, 0.3) is 0 Å². The first-order chi connectivity index (χ1) is 18.7. The Bertz CT molecular complexity index is 1420. The summed E-state index contributed by atoms with van der Waals surface area (Å²) >= 11 is 0. The summed E-state index contributed by atoms with van der Waals surface area (Å²) in [7, 11) is -4.33. The van der Waals surface area contributed by atoms with Gasteiger partial charge < -0.3 is 19.7 Å². The second kappa shape index (κ2) is 12.2. The van der Waals surface area contributed by atoms with Crippen molar-refractivity contribution in [2.75, 3.05) is 30.6 Å². The molecule has 11 heteroatoms. The molecule has 1 aliphatic rings. The summed E-state index contributed by atoms with van der Waals surface area (Å²) in [5.41, 5.74) is 0.856. The van der Waals surface area contributed by atoms with Crippen LogP contribution in [0.2, 0.25) is 0 Å². The minimum absolute atomic E-state index is 0.0826. The zero-order valence-electron chi connectivity index (χ0n) is 21.7. The van der Waals surface area contributed by atoms with E-state index in [-0.39, 0.29) is 35.4 Å². The van der Waals surface area contributed by atoms with Gasteiger partial charge >= 0.3 is 0 Å². The molecule has 206 valence electrons. The molecular formula is C28H30FN3O6S. The van der Waals surface area contributed by atoms with Gasteiger partial charge in [0.1, 0.15) is 31.6 Å². The molecule has 0 aliphatic carbocycles. The van der Waals surface area contributed by atoms with Crippen LogP contribution in [-0.2, 0) is 26.2 Å².